The summed E-state index contributed by atoms with van der Waals surface area (Å²) in [5.41, 5.74) is 2.12. The van der Waals surface area contributed by atoms with Crippen LogP contribution in [0, 0.1) is 6.42 Å². The summed E-state index contributed by atoms with van der Waals surface area (Å²) in [6.45, 7) is 2.01. The van der Waals surface area contributed by atoms with Crippen molar-refractivity contribution in [3.05, 3.63) is 36.5 Å². The molecule has 2 rings (SSSR count). The van der Waals surface area contributed by atoms with Crippen molar-refractivity contribution >= 4 is 11.0 Å². The van der Waals surface area contributed by atoms with Crippen LogP contribution in [0.1, 0.15) is 12.5 Å². The van der Waals surface area contributed by atoms with E-state index >= 15 is 0 Å². The molecule has 2 heterocycles. The molecule has 2 aromatic rings. The maximum Gasteiger partial charge on any atom is 1.00 e. The molecular formula is C9H9LiN2. The van der Waals surface area contributed by atoms with E-state index in [1.165, 1.54) is 5.39 Å². The maximum atomic E-state index is 4.23. The SMILES string of the molecule is C[CH-]c1cnc2[nH]ccc2c1.[Li+]. The number of nitrogens with zero attached hydrogens (tertiary/aromatic N) is 1. The molecule has 0 aliphatic carbocycles. The first kappa shape index (κ1) is 9.25. The van der Waals surface area contributed by atoms with Crippen molar-refractivity contribution in [3.8, 4) is 0 Å². The molecular weight excluding hydrogens is 143 g/mol. The van der Waals surface area contributed by atoms with Crippen LogP contribution in [0.4, 0.5) is 0 Å². The molecule has 0 amide bonds. The van der Waals surface area contributed by atoms with Gasteiger partial charge in [0.05, 0.1) is 0 Å². The molecule has 2 aromatic heterocycles. The van der Waals surface area contributed by atoms with Gasteiger partial charge in [-0.2, -0.15) is 18.1 Å². The largest absolute Gasteiger partial charge is 1.00 e. The minimum atomic E-state index is 0. The van der Waals surface area contributed by atoms with Crippen molar-refractivity contribution in [2.24, 2.45) is 0 Å². The fourth-order valence-electron chi connectivity index (χ4n) is 1.11. The topological polar surface area (TPSA) is 28.7 Å². The molecule has 0 saturated carbocycles. The van der Waals surface area contributed by atoms with Gasteiger partial charge in [-0.15, -0.1) is 0 Å². The molecule has 3 heteroatoms. The standard InChI is InChI=1S/C9H9N2.Li/c1-2-7-5-8-3-4-10-9(8)11-6-7;/h2-6H,1H3,(H,10,11);/q-1;+1. The van der Waals surface area contributed by atoms with Crippen LogP contribution in [0.15, 0.2) is 24.5 Å². The normalized spacial score (nSPS) is 9.42. The Labute approximate surface area is 83.6 Å². The monoisotopic (exact) mass is 152 g/mol. The average molecular weight is 152 g/mol. The van der Waals surface area contributed by atoms with Gasteiger partial charge < -0.3 is 9.97 Å². The number of fused-ring (bicyclic) bond motifs is 1. The van der Waals surface area contributed by atoms with Crippen LogP contribution in [0.2, 0.25) is 0 Å². The third-order valence-electron chi connectivity index (χ3n) is 1.75. The third kappa shape index (κ3) is 1.50. The molecule has 1 N–H and O–H groups in total. The Balaban J connectivity index is 0.000000720. The summed E-state index contributed by atoms with van der Waals surface area (Å²) < 4.78 is 0. The minimum Gasteiger partial charge on any atom is -0.348 e. The van der Waals surface area contributed by atoms with Gasteiger partial charge in [0.2, 0.25) is 0 Å². The maximum absolute atomic E-state index is 4.23. The van der Waals surface area contributed by atoms with Crippen molar-refractivity contribution in [1.29, 1.82) is 0 Å². The van der Waals surface area contributed by atoms with Gasteiger partial charge in [-0.05, 0) is 11.5 Å². The van der Waals surface area contributed by atoms with Gasteiger partial charge in [-0.1, -0.05) is 13.1 Å². The summed E-state index contributed by atoms with van der Waals surface area (Å²) in [4.78, 5) is 7.27. The molecule has 0 atom stereocenters. The number of aromatic amines is 1. The van der Waals surface area contributed by atoms with Crippen LogP contribution in [-0.4, -0.2) is 9.97 Å². The van der Waals surface area contributed by atoms with E-state index < -0.39 is 0 Å². The number of hydrogen-bond acceptors (Lipinski definition) is 1. The quantitative estimate of drug-likeness (QED) is 0.418. The van der Waals surface area contributed by atoms with Crippen LogP contribution in [-0.2, 0) is 0 Å². The first-order chi connectivity index (χ1) is 5.40. The molecule has 0 radical (unpaired) electrons. The van der Waals surface area contributed by atoms with Gasteiger partial charge in [0, 0.05) is 6.20 Å². The first-order valence-corrected chi connectivity index (χ1v) is 3.62. The van der Waals surface area contributed by atoms with E-state index in [1.54, 1.807) is 0 Å². The van der Waals surface area contributed by atoms with Crippen LogP contribution in [0.5, 0.6) is 0 Å². The molecule has 0 bridgehead atoms. The summed E-state index contributed by atoms with van der Waals surface area (Å²) in [6, 6.07) is 4.13. The van der Waals surface area contributed by atoms with Crippen molar-refractivity contribution < 1.29 is 18.9 Å². The fraction of sp³-hybridized carbons (Fsp3) is 0.111. The van der Waals surface area contributed by atoms with Gasteiger partial charge in [0.15, 0.2) is 0 Å². The van der Waals surface area contributed by atoms with Gasteiger partial charge >= 0.3 is 18.9 Å². The van der Waals surface area contributed by atoms with E-state index in [-0.39, 0.29) is 18.9 Å². The summed E-state index contributed by atoms with van der Waals surface area (Å²) >= 11 is 0. The molecule has 0 unspecified atom stereocenters. The Morgan fingerprint density at radius 1 is 1.50 bits per heavy atom. The van der Waals surface area contributed by atoms with Crippen LogP contribution in [0.3, 0.4) is 0 Å². The number of aromatic nitrogens is 2. The van der Waals surface area contributed by atoms with Gasteiger partial charge in [-0.25, -0.2) is 0 Å². The van der Waals surface area contributed by atoms with E-state index in [1.807, 2.05) is 31.8 Å². The number of rotatable bonds is 1. The Kier molecular flexibility index (Phi) is 2.86. The Bertz CT molecular complexity index is 367. The zero-order chi connectivity index (χ0) is 7.68. The third-order valence-corrected chi connectivity index (χ3v) is 1.75. The molecule has 0 fully saturated rings. The zero-order valence-corrected chi connectivity index (χ0v) is 7.33. The molecule has 56 valence electrons. The summed E-state index contributed by atoms with van der Waals surface area (Å²) in [6.07, 6.45) is 5.80. The van der Waals surface area contributed by atoms with E-state index in [0.717, 1.165) is 11.2 Å². The average Bonchev–Trinajstić information content (AvgIpc) is 2.50. The van der Waals surface area contributed by atoms with Crippen molar-refractivity contribution in [1.82, 2.24) is 9.97 Å². The number of H-pyrrole nitrogens is 1. The molecule has 0 aliphatic rings. The van der Waals surface area contributed by atoms with Crippen LogP contribution < -0.4 is 18.9 Å². The second-order valence-corrected chi connectivity index (χ2v) is 2.47. The van der Waals surface area contributed by atoms with Crippen molar-refractivity contribution in [2.75, 3.05) is 0 Å². The number of hydrogen-bond donors (Lipinski definition) is 1. The number of pyridine rings is 1. The number of nitrogens with one attached hydrogen (secondary N) is 1. The summed E-state index contributed by atoms with van der Waals surface area (Å²) in [5.74, 6) is 0. The van der Waals surface area contributed by atoms with E-state index in [2.05, 4.69) is 16.0 Å². The van der Waals surface area contributed by atoms with E-state index in [0.29, 0.717) is 0 Å². The van der Waals surface area contributed by atoms with Gasteiger partial charge in [-0.3, -0.25) is 0 Å². The molecule has 0 saturated heterocycles. The molecule has 0 spiro atoms. The van der Waals surface area contributed by atoms with E-state index in [9.17, 15) is 0 Å². The first-order valence-electron chi connectivity index (χ1n) is 3.62. The minimum absolute atomic E-state index is 0. The summed E-state index contributed by atoms with van der Waals surface area (Å²) in [7, 11) is 0. The Morgan fingerprint density at radius 3 is 3.08 bits per heavy atom. The second-order valence-electron chi connectivity index (χ2n) is 2.47. The van der Waals surface area contributed by atoms with E-state index in [4.69, 9.17) is 0 Å². The van der Waals surface area contributed by atoms with Crippen molar-refractivity contribution in [3.63, 3.8) is 0 Å². The molecule has 2 nitrogen and oxygen atoms in total. The molecule has 0 aliphatic heterocycles. The molecule has 12 heavy (non-hydrogen) atoms. The van der Waals surface area contributed by atoms with Gasteiger partial charge in [0.1, 0.15) is 5.65 Å². The molecule has 0 aromatic carbocycles. The smallest absolute Gasteiger partial charge is 0.348 e. The van der Waals surface area contributed by atoms with Gasteiger partial charge in [0.25, 0.3) is 0 Å². The predicted molar refractivity (Wildman–Crippen MR) is 45.2 cm³/mol. The van der Waals surface area contributed by atoms with Crippen LogP contribution in [0.25, 0.3) is 11.0 Å². The van der Waals surface area contributed by atoms with Crippen molar-refractivity contribution in [2.45, 2.75) is 6.92 Å². The predicted octanol–water partition coefficient (Wildman–Crippen LogP) is -0.861. The Morgan fingerprint density at radius 2 is 2.33 bits per heavy atom. The second kappa shape index (κ2) is 3.71. The Hall–Kier alpha value is -0.843. The summed E-state index contributed by atoms with van der Waals surface area (Å²) in [5, 5.41) is 1.17. The fourth-order valence-corrected chi connectivity index (χ4v) is 1.11. The zero-order valence-electron chi connectivity index (χ0n) is 7.33. The van der Waals surface area contributed by atoms with Crippen LogP contribution >= 0.6 is 0 Å².